The zero-order valence-electron chi connectivity index (χ0n) is 14.5. The first-order valence-electron chi connectivity index (χ1n) is 8.60. The molecule has 3 saturated heterocycles. The number of halogens is 3. The number of nitrogens with zero attached hydrogens (tertiary/aromatic N) is 2. The summed E-state index contributed by atoms with van der Waals surface area (Å²) in [7, 11) is 0. The van der Waals surface area contributed by atoms with E-state index in [0.29, 0.717) is 5.52 Å². The molecular formula is C18H15F3N2O3S. The Kier molecular flexibility index (Phi) is 3.10. The second kappa shape index (κ2) is 4.88. The Bertz CT molecular complexity index is 985. The fraction of sp³-hybridized carbons (Fsp3) is 0.500. The van der Waals surface area contributed by atoms with Gasteiger partial charge in [-0.1, -0.05) is 11.3 Å². The molecule has 0 radical (unpaired) electrons. The predicted molar refractivity (Wildman–Crippen MR) is 91.2 cm³/mol. The first kappa shape index (κ1) is 17.1. The predicted octanol–water partition coefficient (Wildman–Crippen LogP) is 3.76. The monoisotopic (exact) mass is 396 g/mol. The molecule has 2 amide bonds. The van der Waals surface area contributed by atoms with Gasteiger partial charge in [-0.05, 0) is 44.9 Å². The van der Waals surface area contributed by atoms with Gasteiger partial charge in [-0.15, -0.1) is 0 Å². The average molecular weight is 396 g/mol. The minimum Gasteiger partial charge on any atom is -0.373 e. The molecule has 4 atom stereocenters. The number of hydrogen-bond acceptors (Lipinski definition) is 5. The van der Waals surface area contributed by atoms with Gasteiger partial charge in [-0.3, -0.25) is 9.59 Å². The van der Waals surface area contributed by atoms with Crippen molar-refractivity contribution in [1.82, 2.24) is 4.98 Å². The number of fused-ring (bicyclic) bond motifs is 6. The van der Waals surface area contributed by atoms with E-state index >= 15 is 0 Å². The minimum atomic E-state index is -4.47. The summed E-state index contributed by atoms with van der Waals surface area (Å²) < 4.78 is 45.0. The minimum absolute atomic E-state index is 0.121. The van der Waals surface area contributed by atoms with Crippen molar-refractivity contribution in [3.8, 4) is 0 Å². The van der Waals surface area contributed by atoms with Crippen molar-refractivity contribution in [1.29, 1.82) is 0 Å². The number of benzene rings is 1. The topological polar surface area (TPSA) is 59.5 Å². The lowest BCUT2D eigenvalue weighted by atomic mass is 9.59. The number of imide groups is 1. The smallest absolute Gasteiger partial charge is 0.373 e. The van der Waals surface area contributed by atoms with Crippen molar-refractivity contribution in [3.63, 3.8) is 0 Å². The van der Waals surface area contributed by atoms with E-state index in [2.05, 4.69) is 4.98 Å². The lowest BCUT2D eigenvalue weighted by Crippen LogP contribution is -2.48. The fourth-order valence-electron chi connectivity index (χ4n) is 4.79. The molecule has 9 heteroatoms. The lowest BCUT2D eigenvalue weighted by molar-refractivity contribution is -0.137. The van der Waals surface area contributed by atoms with Crippen LogP contribution in [0.1, 0.15) is 32.3 Å². The summed E-state index contributed by atoms with van der Waals surface area (Å²) in [4.78, 5) is 31.8. The Labute approximate surface area is 156 Å². The highest BCUT2D eigenvalue weighted by Crippen LogP contribution is 2.64. The zero-order valence-corrected chi connectivity index (χ0v) is 15.3. The summed E-state index contributed by atoms with van der Waals surface area (Å²) in [5.41, 5.74) is -2.40. The van der Waals surface area contributed by atoms with E-state index in [1.807, 2.05) is 0 Å². The molecule has 27 heavy (non-hydrogen) atoms. The van der Waals surface area contributed by atoms with Crippen LogP contribution in [0.15, 0.2) is 18.2 Å². The Balaban J connectivity index is 1.61. The molecule has 0 N–H and O–H groups in total. The normalized spacial score (nSPS) is 35.5. The van der Waals surface area contributed by atoms with Crippen molar-refractivity contribution < 1.29 is 27.5 Å². The Morgan fingerprint density at radius 2 is 1.74 bits per heavy atom. The van der Waals surface area contributed by atoms with Gasteiger partial charge in [0.15, 0.2) is 5.13 Å². The van der Waals surface area contributed by atoms with Gasteiger partial charge in [-0.2, -0.15) is 13.2 Å². The molecule has 3 aliphatic rings. The molecule has 1 aromatic carbocycles. The molecule has 2 bridgehead atoms. The maximum atomic E-state index is 13.2. The molecule has 1 aromatic heterocycles. The second-order valence-electron chi connectivity index (χ2n) is 7.72. The highest BCUT2D eigenvalue weighted by molar-refractivity contribution is 7.22. The van der Waals surface area contributed by atoms with Crippen LogP contribution >= 0.6 is 11.3 Å². The molecular weight excluding hydrogens is 381 g/mol. The highest BCUT2D eigenvalue weighted by Gasteiger charge is 2.77. The van der Waals surface area contributed by atoms with Crippen LogP contribution < -0.4 is 4.90 Å². The summed E-state index contributed by atoms with van der Waals surface area (Å²) >= 11 is 0.924. The Morgan fingerprint density at radius 3 is 2.30 bits per heavy atom. The summed E-state index contributed by atoms with van der Waals surface area (Å²) in [5.74, 6) is -0.755. The van der Waals surface area contributed by atoms with Gasteiger partial charge >= 0.3 is 6.18 Å². The molecule has 4 heterocycles. The van der Waals surface area contributed by atoms with E-state index in [-0.39, 0.29) is 33.9 Å². The molecule has 2 aromatic rings. The van der Waals surface area contributed by atoms with E-state index in [1.165, 1.54) is 6.07 Å². The summed E-state index contributed by atoms with van der Waals surface area (Å²) in [5, 5.41) is 0.121. The Hall–Kier alpha value is -2.00. The lowest BCUT2D eigenvalue weighted by Gasteiger charge is -2.36. The van der Waals surface area contributed by atoms with Crippen LogP contribution in [0, 0.1) is 10.8 Å². The SMILES string of the molecule is C[C@@]12C(=O)N(c3nc4ccc(C(F)(F)F)cc4s3)C(=O)[C@]1(C)[C@H]1CC[C@H]2O1. The number of aromatic nitrogens is 1. The van der Waals surface area contributed by atoms with Crippen LogP contribution in [0.5, 0.6) is 0 Å². The molecule has 5 nitrogen and oxygen atoms in total. The van der Waals surface area contributed by atoms with E-state index in [4.69, 9.17) is 4.74 Å². The van der Waals surface area contributed by atoms with E-state index in [1.54, 1.807) is 13.8 Å². The van der Waals surface area contributed by atoms with Crippen LogP contribution in [0.4, 0.5) is 18.3 Å². The van der Waals surface area contributed by atoms with E-state index in [9.17, 15) is 22.8 Å². The van der Waals surface area contributed by atoms with Crippen LogP contribution in [-0.2, 0) is 20.5 Å². The Morgan fingerprint density at radius 1 is 1.15 bits per heavy atom. The number of ether oxygens (including phenoxy) is 1. The molecule has 3 aliphatic heterocycles. The largest absolute Gasteiger partial charge is 0.416 e. The molecule has 0 saturated carbocycles. The summed E-state index contributed by atoms with van der Waals surface area (Å²) in [6.07, 6.45) is -3.66. The number of carbonyl (C=O) groups excluding carboxylic acids is 2. The van der Waals surface area contributed by atoms with Crippen molar-refractivity contribution in [2.24, 2.45) is 10.8 Å². The molecule has 0 spiro atoms. The van der Waals surface area contributed by atoms with Gasteiger partial charge in [0.05, 0.1) is 38.8 Å². The van der Waals surface area contributed by atoms with Crippen LogP contribution in [0.3, 0.4) is 0 Å². The third-order valence-electron chi connectivity index (χ3n) is 6.58. The number of hydrogen-bond donors (Lipinski definition) is 0. The third kappa shape index (κ3) is 1.86. The van der Waals surface area contributed by atoms with Crippen molar-refractivity contribution >= 4 is 38.5 Å². The van der Waals surface area contributed by atoms with Gasteiger partial charge in [-0.25, -0.2) is 9.88 Å². The first-order chi connectivity index (χ1) is 12.6. The number of thiazole rings is 1. The van der Waals surface area contributed by atoms with Crippen LogP contribution in [0.25, 0.3) is 10.2 Å². The third-order valence-corrected chi connectivity index (χ3v) is 7.58. The van der Waals surface area contributed by atoms with Crippen molar-refractivity contribution in [2.75, 3.05) is 4.90 Å². The molecule has 0 aliphatic carbocycles. The standard InChI is InChI=1S/C18H15F3N2O3S/c1-16-11-5-6-12(26-11)17(16,2)14(25)23(13(16)24)15-22-9-4-3-8(18(19,20)21)7-10(9)27-15/h3-4,7,11-12H,5-6H2,1-2H3/t11-,12-,16-,17+/m1/s1. The van der Waals surface area contributed by atoms with Crippen molar-refractivity contribution in [3.05, 3.63) is 23.8 Å². The fourth-order valence-corrected chi connectivity index (χ4v) is 5.79. The number of alkyl halides is 3. The zero-order chi connectivity index (χ0) is 19.4. The van der Waals surface area contributed by atoms with Crippen LogP contribution in [0.2, 0.25) is 0 Å². The highest BCUT2D eigenvalue weighted by atomic mass is 32.1. The maximum absolute atomic E-state index is 13.2. The van der Waals surface area contributed by atoms with Crippen LogP contribution in [-0.4, -0.2) is 29.0 Å². The van der Waals surface area contributed by atoms with Crippen molar-refractivity contribution in [2.45, 2.75) is 45.1 Å². The van der Waals surface area contributed by atoms with Gasteiger partial charge in [0.2, 0.25) is 11.8 Å². The first-order valence-corrected chi connectivity index (χ1v) is 9.42. The average Bonchev–Trinajstić information content (AvgIpc) is 3.31. The molecule has 142 valence electrons. The van der Waals surface area contributed by atoms with Gasteiger partial charge in [0, 0.05) is 0 Å². The molecule has 3 fully saturated rings. The number of rotatable bonds is 1. The number of anilines is 1. The van der Waals surface area contributed by atoms with E-state index in [0.717, 1.165) is 41.2 Å². The summed E-state index contributed by atoms with van der Waals surface area (Å²) in [6, 6.07) is 3.21. The summed E-state index contributed by atoms with van der Waals surface area (Å²) in [6.45, 7) is 3.51. The second-order valence-corrected chi connectivity index (χ2v) is 8.73. The van der Waals surface area contributed by atoms with E-state index < -0.39 is 22.6 Å². The van der Waals surface area contributed by atoms with Gasteiger partial charge < -0.3 is 4.74 Å². The number of carbonyl (C=O) groups is 2. The van der Waals surface area contributed by atoms with Gasteiger partial charge in [0.1, 0.15) is 0 Å². The maximum Gasteiger partial charge on any atom is 0.416 e. The van der Waals surface area contributed by atoms with Gasteiger partial charge in [0.25, 0.3) is 0 Å². The molecule has 5 rings (SSSR count). The number of amides is 2. The molecule has 0 unspecified atom stereocenters. The quantitative estimate of drug-likeness (QED) is 0.689.